The smallest absolute Gasteiger partial charge is 0.0619 e. The number of hydrogen-bond acceptors (Lipinski definition) is 0. The van der Waals surface area contributed by atoms with Gasteiger partial charge in [0.2, 0.25) is 0 Å². The largest absolute Gasteiger partial charge is 0.0737 e. The van der Waals surface area contributed by atoms with Crippen LogP contribution in [0.2, 0.25) is 0 Å². The van der Waals surface area contributed by atoms with E-state index in [-0.39, 0.29) is 0 Å². The van der Waals surface area contributed by atoms with E-state index >= 15 is 0 Å². The second kappa shape index (κ2) is 11.3. The quantitative estimate of drug-likeness (QED) is 0.155. The molecule has 0 heteroatoms. The van der Waals surface area contributed by atoms with Gasteiger partial charge in [-0.2, -0.15) is 0 Å². The van der Waals surface area contributed by atoms with Crippen LogP contribution in [0.4, 0.5) is 0 Å². The minimum atomic E-state index is -0.509. The first-order chi connectivity index (χ1) is 29.3. The van der Waals surface area contributed by atoms with Crippen molar-refractivity contribution < 1.29 is 0 Å². The van der Waals surface area contributed by atoms with Crippen LogP contribution in [-0.4, -0.2) is 0 Å². The standard InChI is InChI=1S/C59H34/c1-2-19-41(38(16-1)43-32-30-37-29-28-35-14-13-15-36-31-33-47(43)55(37)54(35)36)50-34-51-56-46-23-6-3-17-39(46)40-18-4-8-25-49(40)58(56)59(57(51)48-24-7-5-20-42(48)50)52-26-11-9-21-44(52)45-22-10-12-27-53(45)59/h1-34H. The lowest BCUT2D eigenvalue weighted by Gasteiger charge is -2.33. The lowest BCUT2D eigenvalue weighted by atomic mass is 9.68. The summed E-state index contributed by atoms with van der Waals surface area (Å²) in [6, 6.07) is 78.2. The van der Waals surface area contributed by atoms with Crippen LogP contribution in [-0.2, 0) is 5.41 Å². The molecule has 1 spiro atoms. The van der Waals surface area contributed by atoms with Crippen molar-refractivity contribution in [3.8, 4) is 44.5 Å². The zero-order valence-electron chi connectivity index (χ0n) is 32.1. The summed E-state index contributed by atoms with van der Waals surface area (Å²) in [5, 5.41) is 15.7. The van der Waals surface area contributed by atoms with Gasteiger partial charge in [0.1, 0.15) is 0 Å². The van der Waals surface area contributed by atoms with Crippen molar-refractivity contribution in [1.82, 2.24) is 0 Å². The first-order valence-corrected chi connectivity index (χ1v) is 20.8. The molecule has 0 aromatic heterocycles. The molecule has 0 saturated carbocycles. The van der Waals surface area contributed by atoms with Gasteiger partial charge in [0.25, 0.3) is 0 Å². The third-order valence-electron chi connectivity index (χ3n) is 14.0. The predicted molar refractivity (Wildman–Crippen MR) is 250 cm³/mol. The van der Waals surface area contributed by atoms with Crippen molar-refractivity contribution >= 4 is 64.6 Å². The molecule has 0 radical (unpaired) electrons. The van der Waals surface area contributed by atoms with Gasteiger partial charge in [-0.05, 0) is 137 Å². The first-order valence-electron chi connectivity index (χ1n) is 20.8. The van der Waals surface area contributed by atoms with Gasteiger partial charge in [-0.25, -0.2) is 0 Å². The van der Waals surface area contributed by atoms with Crippen LogP contribution in [0.25, 0.3) is 109 Å². The topological polar surface area (TPSA) is 0 Å². The Morgan fingerprint density at radius 3 is 1.39 bits per heavy atom. The zero-order valence-corrected chi connectivity index (χ0v) is 32.1. The Morgan fingerprint density at radius 2 is 0.712 bits per heavy atom. The Kier molecular flexibility index (Phi) is 6.05. The van der Waals surface area contributed by atoms with E-state index in [0.717, 1.165) is 0 Å². The molecular weight excluding hydrogens is 709 g/mol. The van der Waals surface area contributed by atoms with E-state index in [4.69, 9.17) is 0 Å². The molecule has 0 N–H and O–H groups in total. The van der Waals surface area contributed by atoms with Crippen molar-refractivity contribution in [2.45, 2.75) is 5.41 Å². The Morgan fingerprint density at radius 1 is 0.237 bits per heavy atom. The molecule has 0 heterocycles. The van der Waals surface area contributed by atoms with Gasteiger partial charge in [0.05, 0.1) is 5.41 Å². The van der Waals surface area contributed by atoms with Crippen LogP contribution in [0.3, 0.4) is 0 Å². The molecule has 0 fully saturated rings. The summed E-state index contributed by atoms with van der Waals surface area (Å²) in [6.07, 6.45) is 0. The highest BCUT2D eigenvalue weighted by atomic mass is 14.5. The fourth-order valence-corrected chi connectivity index (χ4v) is 11.8. The van der Waals surface area contributed by atoms with Crippen LogP contribution in [0, 0.1) is 0 Å². The van der Waals surface area contributed by atoms with Crippen LogP contribution < -0.4 is 0 Å². The monoisotopic (exact) mass is 742 g/mol. The van der Waals surface area contributed by atoms with E-state index in [9.17, 15) is 0 Å². The fraction of sp³-hybridized carbons (Fsp3) is 0.0169. The zero-order chi connectivity index (χ0) is 38.4. The van der Waals surface area contributed by atoms with Crippen molar-refractivity contribution in [2.24, 2.45) is 0 Å². The molecule has 0 bridgehead atoms. The van der Waals surface area contributed by atoms with E-state index < -0.39 is 5.41 Å². The number of hydrogen-bond donors (Lipinski definition) is 0. The molecule has 2 aliphatic rings. The summed E-state index contributed by atoms with van der Waals surface area (Å²) >= 11 is 0. The average Bonchev–Trinajstić information content (AvgIpc) is 3.78. The minimum absolute atomic E-state index is 0.509. The summed E-state index contributed by atoms with van der Waals surface area (Å²) in [7, 11) is 0. The van der Waals surface area contributed by atoms with Gasteiger partial charge < -0.3 is 0 Å². The first kappa shape index (κ1) is 31.5. The third-order valence-corrected chi connectivity index (χ3v) is 14.0. The highest BCUT2D eigenvalue weighted by molar-refractivity contribution is 6.27. The summed E-state index contributed by atoms with van der Waals surface area (Å²) in [5.41, 5.74) is 15.4. The van der Waals surface area contributed by atoms with Gasteiger partial charge in [-0.15, -0.1) is 0 Å². The van der Waals surface area contributed by atoms with Crippen molar-refractivity contribution in [3.05, 3.63) is 229 Å². The van der Waals surface area contributed by atoms with Crippen molar-refractivity contribution in [1.29, 1.82) is 0 Å². The van der Waals surface area contributed by atoms with Gasteiger partial charge in [-0.1, -0.05) is 200 Å². The summed E-state index contributed by atoms with van der Waals surface area (Å²) < 4.78 is 0. The SMILES string of the molecule is c1ccc(-c2ccc3ccc4cccc5ccc2c3c45)c(-c2cc3c(c4ccccc24)C2(c4ccccc4-c4ccccc42)c2c-3c3ccccc3c3ccccc23)c1. The number of rotatable bonds is 2. The minimum Gasteiger partial charge on any atom is -0.0619 e. The van der Waals surface area contributed by atoms with E-state index in [1.54, 1.807) is 0 Å². The second-order valence-corrected chi connectivity index (χ2v) is 16.6. The van der Waals surface area contributed by atoms with Gasteiger partial charge >= 0.3 is 0 Å². The van der Waals surface area contributed by atoms with E-state index in [1.165, 1.54) is 131 Å². The molecule has 0 atom stereocenters. The molecule has 12 aromatic carbocycles. The number of benzene rings is 12. The van der Waals surface area contributed by atoms with E-state index in [0.29, 0.717) is 0 Å². The summed E-state index contributed by atoms with van der Waals surface area (Å²) in [5.74, 6) is 0. The highest BCUT2D eigenvalue weighted by Crippen LogP contribution is 2.67. The molecule has 0 unspecified atom stereocenters. The molecular formula is C59H34. The molecule has 12 aromatic rings. The van der Waals surface area contributed by atoms with E-state index in [1.807, 2.05) is 0 Å². The lowest BCUT2D eigenvalue weighted by molar-refractivity contribution is 0.809. The Bertz CT molecular complexity index is 3730. The molecule has 14 rings (SSSR count). The molecule has 59 heavy (non-hydrogen) atoms. The summed E-state index contributed by atoms with van der Waals surface area (Å²) in [4.78, 5) is 0. The lowest BCUT2D eigenvalue weighted by Crippen LogP contribution is -2.26. The maximum atomic E-state index is 2.57. The molecule has 0 nitrogen and oxygen atoms in total. The Hall–Kier alpha value is -7.54. The Labute approximate surface area is 341 Å². The Balaban J connectivity index is 1.16. The van der Waals surface area contributed by atoms with Gasteiger partial charge in [0.15, 0.2) is 0 Å². The maximum absolute atomic E-state index is 2.57. The normalized spacial score (nSPS) is 13.6. The van der Waals surface area contributed by atoms with Crippen LogP contribution >= 0.6 is 0 Å². The van der Waals surface area contributed by atoms with E-state index in [2.05, 4.69) is 206 Å². The number of fused-ring (bicyclic) bond motifs is 17. The highest BCUT2D eigenvalue weighted by Gasteiger charge is 2.54. The predicted octanol–water partition coefficient (Wildman–Crippen LogP) is 15.7. The molecule has 0 saturated heterocycles. The molecule has 270 valence electrons. The van der Waals surface area contributed by atoms with Gasteiger partial charge in [-0.3, -0.25) is 0 Å². The van der Waals surface area contributed by atoms with Crippen molar-refractivity contribution in [2.75, 3.05) is 0 Å². The maximum Gasteiger partial charge on any atom is 0.0737 e. The second-order valence-electron chi connectivity index (χ2n) is 16.6. The fourth-order valence-electron chi connectivity index (χ4n) is 11.8. The third kappa shape index (κ3) is 3.85. The van der Waals surface area contributed by atoms with Crippen LogP contribution in [0.15, 0.2) is 206 Å². The van der Waals surface area contributed by atoms with Crippen LogP contribution in [0.1, 0.15) is 22.3 Å². The molecule has 0 amide bonds. The van der Waals surface area contributed by atoms with Gasteiger partial charge in [0, 0.05) is 0 Å². The summed E-state index contributed by atoms with van der Waals surface area (Å²) in [6.45, 7) is 0. The molecule has 2 aliphatic carbocycles. The van der Waals surface area contributed by atoms with Crippen molar-refractivity contribution in [3.63, 3.8) is 0 Å². The molecule has 0 aliphatic heterocycles. The average molecular weight is 743 g/mol. The van der Waals surface area contributed by atoms with Crippen LogP contribution in [0.5, 0.6) is 0 Å².